The number of fused-ring (bicyclic) bond motifs is 1. The van der Waals surface area contributed by atoms with Crippen molar-refractivity contribution >= 4 is 56.7 Å². The van der Waals surface area contributed by atoms with Gasteiger partial charge < -0.3 is 4.90 Å². The topological polar surface area (TPSA) is 3.24 Å². The minimum absolute atomic E-state index is 1.09. The Hall–Kier alpha value is -9.08. The lowest BCUT2D eigenvalue weighted by Crippen LogP contribution is -2.74. The molecule has 0 fully saturated rings. The standard InChI is InChI=1S/C70H51NSi/c1-9-25-53(26-10-1)67-65-50-43-57(51-66(65)68(54-27-11-2-12-28-54)70(56-31-15-4-16-32-56)69(67)55-29-13-3-14-30-55)52-41-44-59(45-42-52)71(58-33-17-5-18-34-58)60-46-48-64(49-47-60)72(61-35-19-6-20-36-61,62-37-21-7-22-38-62)63-39-23-8-24-40-63/h1-51H. The van der Waals surface area contributed by atoms with Crippen molar-refractivity contribution in [3.8, 4) is 55.6 Å². The second-order valence-corrected chi connectivity index (χ2v) is 22.1. The molecule has 0 heterocycles. The Morgan fingerprint density at radius 3 is 0.889 bits per heavy atom. The zero-order valence-corrected chi connectivity index (χ0v) is 40.9. The second-order valence-electron chi connectivity index (χ2n) is 18.3. The fraction of sp³-hybridized carbons (Fsp3) is 0. The van der Waals surface area contributed by atoms with Crippen LogP contribution in [0, 0.1) is 0 Å². The Morgan fingerprint density at radius 2 is 0.486 bits per heavy atom. The molecular formula is C70H51NSi. The maximum atomic E-state index is 2.43. The van der Waals surface area contributed by atoms with Crippen LogP contribution in [-0.4, -0.2) is 8.07 Å². The molecule has 0 aromatic heterocycles. The molecule has 1 nitrogen and oxygen atoms in total. The van der Waals surface area contributed by atoms with Crippen LogP contribution < -0.4 is 25.6 Å². The predicted molar refractivity (Wildman–Crippen MR) is 309 cm³/mol. The van der Waals surface area contributed by atoms with Crippen LogP contribution in [0.3, 0.4) is 0 Å². The van der Waals surface area contributed by atoms with E-state index in [0.717, 1.165) is 28.2 Å². The molecule has 0 saturated heterocycles. The van der Waals surface area contributed by atoms with Crippen molar-refractivity contribution in [2.45, 2.75) is 0 Å². The van der Waals surface area contributed by atoms with Crippen molar-refractivity contribution in [2.24, 2.45) is 0 Å². The molecule has 0 aliphatic heterocycles. The van der Waals surface area contributed by atoms with Gasteiger partial charge in [0.15, 0.2) is 8.07 Å². The van der Waals surface area contributed by atoms with Crippen molar-refractivity contribution in [1.29, 1.82) is 0 Å². The molecule has 2 heteroatoms. The molecule has 0 amide bonds. The third-order valence-corrected chi connectivity index (χ3v) is 19.0. The van der Waals surface area contributed by atoms with E-state index < -0.39 is 8.07 Å². The normalized spacial score (nSPS) is 11.3. The molecule has 0 N–H and O–H groups in total. The molecule has 0 bridgehead atoms. The van der Waals surface area contributed by atoms with Gasteiger partial charge in [-0.3, -0.25) is 0 Å². The van der Waals surface area contributed by atoms with Gasteiger partial charge in [0.1, 0.15) is 0 Å². The summed E-state index contributed by atoms with van der Waals surface area (Å²) in [5.74, 6) is 0. The number of benzene rings is 12. The van der Waals surface area contributed by atoms with E-state index >= 15 is 0 Å². The number of anilines is 3. The van der Waals surface area contributed by atoms with Crippen LogP contribution in [0.5, 0.6) is 0 Å². The van der Waals surface area contributed by atoms with Crippen LogP contribution in [0.15, 0.2) is 309 Å². The van der Waals surface area contributed by atoms with Crippen LogP contribution in [0.1, 0.15) is 0 Å². The Bertz CT molecular complexity index is 3620. The van der Waals surface area contributed by atoms with Crippen molar-refractivity contribution < 1.29 is 0 Å². The molecule has 0 aliphatic carbocycles. The highest BCUT2D eigenvalue weighted by Crippen LogP contribution is 2.51. The molecule has 340 valence electrons. The van der Waals surface area contributed by atoms with Gasteiger partial charge in [-0.25, -0.2) is 0 Å². The van der Waals surface area contributed by atoms with Gasteiger partial charge in [-0.05, 0) is 130 Å². The van der Waals surface area contributed by atoms with Crippen LogP contribution in [0.25, 0.3) is 66.4 Å². The zero-order valence-electron chi connectivity index (χ0n) is 39.9. The molecule has 12 aromatic rings. The van der Waals surface area contributed by atoms with Gasteiger partial charge >= 0.3 is 0 Å². The van der Waals surface area contributed by atoms with Gasteiger partial charge in [0, 0.05) is 17.1 Å². The smallest absolute Gasteiger partial charge is 0.179 e. The summed E-state index contributed by atoms with van der Waals surface area (Å²) in [6, 6.07) is 114. The van der Waals surface area contributed by atoms with Crippen molar-refractivity contribution in [3.63, 3.8) is 0 Å². The monoisotopic (exact) mass is 933 g/mol. The van der Waals surface area contributed by atoms with Crippen LogP contribution in [-0.2, 0) is 0 Å². The number of rotatable bonds is 12. The first kappa shape index (κ1) is 44.1. The third kappa shape index (κ3) is 8.14. The summed E-state index contributed by atoms with van der Waals surface area (Å²) < 4.78 is 0. The molecule has 12 rings (SSSR count). The second kappa shape index (κ2) is 19.7. The van der Waals surface area contributed by atoms with E-state index in [0.29, 0.717) is 0 Å². The van der Waals surface area contributed by atoms with Gasteiger partial charge in [-0.2, -0.15) is 0 Å². The lowest BCUT2D eigenvalue weighted by molar-refractivity contribution is 1.28. The molecule has 72 heavy (non-hydrogen) atoms. The summed E-state index contributed by atoms with van der Waals surface area (Å²) >= 11 is 0. The third-order valence-electron chi connectivity index (χ3n) is 14.2. The van der Waals surface area contributed by atoms with E-state index in [1.807, 2.05) is 0 Å². The summed E-state index contributed by atoms with van der Waals surface area (Å²) in [6.45, 7) is 0. The summed E-state index contributed by atoms with van der Waals surface area (Å²) in [4.78, 5) is 2.38. The molecule has 0 aliphatic rings. The first-order valence-corrected chi connectivity index (χ1v) is 26.8. The highest BCUT2D eigenvalue weighted by atomic mass is 28.3. The van der Waals surface area contributed by atoms with Crippen molar-refractivity contribution in [2.75, 3.05) is 4.90 Å². The van der Waals surface area contributed by atoms with Crippen molar-refractivity contribution in [1.82, 2.24) is 0 Å². The first-order chi connectivity index (χ1) is 35.8. The lowest BCUT2D eigenvalue weighted by Gasteiger charge is -2.35. The molecule has 0 atom stereocenters. The number of hydrogen-bond acceptors (Lipinski definition) is 1. The van der Waals surface area contributed by atoms with E-state index in [4.69, 9.17) is 0 Å². The molecule has 0 unspecified atom stereocenters. The summed E-state index contributed by atoms with van der Waals surface area (Å²) in [6.07, 6.45) is 0. The number of hydrogen-bond donors (Lipinski definition) is 0. The van der Waals surface area contributed by atoms with Crippen LogP contribution in [0.4, 0.5) is 17.1 Å². The van der Waals surface area contributed by atoms with Gasteiger partial charge in [-0.15, -0.1) is 0 Å². The lowest BCUT2D eigenvalue weighted by atomic mass is 9.78. The van der Waals surface area contributed by atoms with E-state index in [1.165, 1.54) is 76.0 Å². The Labute approximate surface area is 424 Å². The highest BCUT2D eigenvalue weighted by Gasteiger charge is 2.41. The quantitative estimate of drug-likeness (QED) is 0.0872. The Morgan fingerprint density at radius 1 is 0.194 bits per heavy atom. The zero-order chi connectivity index (χ0) is 48.1. The molecule has 0 radical (unpaired) electrons. The molecular weight excluding hydrogens is 883 g/mol. The largest absolute Gasteiger partial charge is 0.311 e. The van der Waals surface area contributed by atoms with Crippen molar-refractivity contribution in [3.05, 3.63) is 309 Å². The maximum absolute atomic E-state index is 2.69. The molecule has 0 saturated carbocycles. The summed E-state index contributed by atoms with van der Waals surface area (Å²) in [5, 5.41) is 7.85. The van der Waals surface area contributed by atoms with E-state index in [1.54, 1.807) is 0 Å². The Balaban J connectivity index is 1.01. The minimum Gasteiger partial charge on any atom is -0.311 e. The first-order valence-electron chi connectivity index (χ1n) is 24.8. The van der Waals surface area contributed by atoms with E-state index in [9.17, 15) is 0 Å². The van der Waals surface area contributed by atoms with E-state index in [2.05, 4.69) is 314 Å². The van der Waals surface area contributed by atoms with Crippen LogP contribution >= 0.6 is 0 Å². The summed E-state index contributed by atoms with van der Waals surface area (Å²) in [5.41, 5.74) is 15.3. The number of para-hydroxylation sites is 1. The SMILES string of the molecule is c1ccc(-c2c(-c3ccccc3)c(-c3ccccc3)c3cc(-c4ccc(N(c5ccccc5)c5ccc([Si](c6ccccc6)(c6ccccc6)c6ccccc6)cc5)cc4)ccc3c2-c2ccccc2)cc1. The molecule has 12 aromatic carbocycles. The minimum atomic E-state index is -2.69. The fourth-order valence-electron chi connectivity index (χ4n) is 11.0. The summed E-state index contributed by atoms with van der Waals surface area (Å²) in [7, 11) is -2.69. The van der Waals surface area contributed by atoms with Gasteiger partial charge in [0.2, 0.25) is 0 Å². The Kier molecular flexibility index (Phi) is 12.1. The highest BCUT2D eigenvalue weighted by molar-refractivity contribution is 7.19. The van der Waals surface area contributed by atoms with Gasteiger partial charge in [-0.1, -0.05) is 267 Å². The average molecular weight is 934 g/mol. The van der Waals surface area contributed by atoms with E-state index in [-0.39, 0.29) is 0 Å². The fourth-order valence-corrected chi connectivity index (χ4v) is 15.8. The maximum Gasteiger partial charge on any atom is 0.179 e. The molecule has 0 spiro atoms. The number of nitrogens with zero attached hydrogens (tertiary/aromatic N) is 1. The predicted octanol–water partition coefficient (Wildman–Crippen LogP) is 16.0. The van der Waals surface area contributed by atoms with Gasteiger partial charge in [0.25, 0.3) is 0 Å². The average Bonchev–Trinajstić information content (AvgIpc) is 3.47. The van der Waals surface area contributed by atoms with Crippen LogP contribution in [0.2, 0.25) is 0 Å². The van der Waals surface area contributed by atoms with Gasteiger partial charge in [0.05, 0.1) is 0 Å².